The number of imide groups is 1. The normalized spacial score (nSPS) is 18.9. The summed E-state index contributed by atoms with van der Waals surface area (Å²) in [4.78, 5) is 39.0. The molecule has 1 aliphatic rings. The SMILES string of the molecule is CCC[C@]1(c2ccccc2)NC(=O)N(CC(=O)Nc2cc(F)ccc2C)C1=O. The summed E-state index contributed by atoms with van der Waals surface area (Å²) < 4.78 is 13.4. The molecule has 2 aromatic carbocycles. The smallest absolute Gasteiger partial charge is 0.324 e. The number of carbonyl (C=O) groups is 3. The highest BCUT2D eigenvalue weighted by molar-refractivity contribution is 6.10. The molecule has 0 bridgehead atoms. The molecule has 0 unspecified atom stereocenters. The molecular formula is C21H22FN3O3. The van der Waals surface area contributed by atoms with Crippen LogP contribution in [0.2, 0.25) is 0 Å². The van der Waals surface area contributed by atoms with Crippen LogP contribution in [0.3, 0.4) is 0 Å². The van der Waals surface area contributed by atoms with Gasteiger partial charge in [-0.3, -0.25) is 14.5 Å². The van der Waals surface area contributed by atoms with Crippen molar-refractivity contribution >= 4 is 23.5 Å². The largest absolute Gasteiger partial charge is 0.325 e. The minimum atomic E-state index is -1.18. The van der Waals surface area contributed by atoms with E-state index in [4.69, 9.17) is 0 Å². The van der Waals surface area contributed by atoms with Crippen LogP contribution in [0.5, 0.6) is 0 Å². The Balaban J connectivity index is 1.81. The number of hydrogen-bond donors (Lipinski definition) is 2. The van der Waals surface area contributed by atoms with Gasteiger partial charge < -0.3 is 10.6 Å². The van der Waals surface area contributed by atoms with Gasteiger partial charge in [-0.05, 0) is 36.6 Å². The van der Waals surface area contributed by atoms with Crippen molar-refractivity contribution in [2.75, 3.05) is 11.9 Å². The van der Waals surface area contributed by atoms with Crippen molar-refractivity contribution in [3.63, 3.8) is 0 Å². The van der Waals surface area contributed by atoms with E-state index in [1.807, 2.05) is 13.0 Å². The molecule has 0 aromatic heterocycles. The molecule has 0 aliphatic carbocycles. The fourth-order valence-corrected chi connectivity index (χ4v) is 3.44. The van der Waals surface area contributed by atoms with E-state index in [0.717, 1.165) is 4.90 Å². The van der Waals surface area contributed by atoms with E-state index < -0.39 is 35.7 Å². The number of amides is 4. The van der Waals surface area contributed by atoms with Crippen LogP contribution in [0, 0.1) is 12.7 Å². The average Bonchev–Trinajstić information content (AvgIpc) is 2.91. The maximum absolute atomic E-state index is 13.4. The van der Waals surface area contributed by atoms with Crippen LogP contribution in [0.15, 0.2) is 48.5 Å². The van der Waals surface area contributed by atoms with Crippen molar-refractivity contribution in [1.29, 1.82) is 0 Å². The number of nitrogens with one attached hydrogen (secondary N) is 2. The van der Waals surface area contributed by atoms with E-state index in [0.29, 0.717) is 29.7 Å². The lowest BCUT2D eigenvalue weighted by Crippen LogP contribution is -2.44. The summed E-state index contributed by atoms with van der Waals surface area (Å²) in [6, 6.07) is 12.4. The standard InChI is InChI=1S/C21H22FN3O3/c1-3-11-21(15-7-5-4-6-8-15)19(27)25(20(28)24-21)13-18(26)23-17-12-16(22)10-9-14(17)2/h4-10,12H,3,11,13H2,1-2H3,(H,23,26)(H,24,28)/t21-/m1/s1. The molecule has 1 heterocycles. The molecule has 1 saturated heterocycles. The van der Waals surface area contributed by atoms with E-state index >= 15 is 0 Å². The fourth-order valence-electron chi connectivity index (χ4n) is 3.44. The topological polar surface area (TPSA) is 78.5 Å². The highest BCUT2D eigenvalue weighted by Gasteiger charge is 2.52. The predicted molar refractivity (Wildman–Crippen MR) is 103 cm³/mol. The van der Waals surface area contributed by atoms with Crippen molar-refractivity contribution in [1.82, 2.24) is 10.2 Å². The molecule has 0 radical (unpaired) electrons. The zero-order valence-electron chi connectivity index (χ0n) is 15.8. The van der Waals surface area contributed by atoms with Crippen LogP contribution in [-0.2, 0) is 15.1 Å². The van der Waals surface area contributed by atoms with Crippen LogP contribution in [0.1, 0.15) is 30.9 Å². The third kappa shape index (κ3) is 3.60. The highest BCUT2D eigenvalue weighted by atomic mass is 19.1. The van der Waals surface area contributed by atoms with Gasteiger partial charge in [0.15, 0.2) is 0 Å². The molecule has 1 atom stereocenters. The Morgan fingerprint density at radius 1 is 1.18 bits per heavy atom. The molecule has 2 N–H and O–H groups in total. The highest BCUT2D eigenvalue weighted by Crippen LogP contribution is 2.33. The number of urea groups is 1. The Morgan fingerprint density at radius 2 is 1.89 bits per heavy atom. The summed E-state index contributed by atoms with van der Waals surface area (Å²) in [6.07, 6.45) is 1.09. The van der Waals surface area contributed by atoms with Gasteiger partial charge in [0.2, 0.25) is 5.91 Å². The molecular weight excluding hydrogens is 361 g/mol. The Labute approximate surface area is 162 Å². The third-order valence-corrected chi connectivity index (χ3v) is 4.84. The molecule has 6 nitrogen and oxygen atoms in total. The van der Waals surface area contributed by atoms with Gasteiger partial charge in [0.25, 0.3) is 5.91 Å². The van der Waals surface area contributed by atoms with Crippen molar-refractivity contribution in [2.45, 2.75) is 32.2 Å². The summed E-state index contributed by atoms with van der Waals surface area (Å²) in [5.41, 5.74) is 0.484. The van der Waals surface area contributed by atoms with Gasteiger partial charge in [-0.2, -0.15) is 0 Å². The first-order valence-electron chi connectivity index (χ1n) is 9.13. The van der Waals surface area contributed by atoms with Crippen LogP contribution in [-0.4, -0.2) is 29.3 Å². The molecule has 0 spiro atoms. The molecule has 2 aromatic rings. The van der Waals surface area contributed by atoms with E-state index in [-0.39, 0.29) is 0 Å². The number of rotatable bonds is 6. The van der Waals surface area contributed by atoms with Crippen LogP contribution >= 0.6 is 0 Å². The second kappa shape index (κ2) is 7.80. The van der Waals surface area contributed by atoms with Crippen LogP contribution in [0.4, 0.5) is 14.9 Å². The summed E-state index contributed by atoms with van der Waals surface area (Å²) in [5.74, 6) is -1.52. The molecule has 1 aliphatic heterocycles. The lowest BCUT2D eigenvalue weighted by atomic mass is 9.85. The summed E-state index contributed by atoms with van der Waals surface area (Å²) in [7, 11) is 0. The molecule has 28 heavy (non-hydrogen) atoms. The van der Waals surface area contributed by atoms with Gasteiger partial charge in [0.05, 0.1) is 0 Å². The number of hydrogen-bond acceptors (Lipinski definition) is 3. The lowest BCUT2D eigenvalue weighted by molar-refractivity contribution is -0.134. The molecule has 3 rings (SSSR count). The quantitative estimate of drug-likeness (QED) is 0.751. The first kappa shape index (κ1) is 19.5. The minimum absolute atomic E-state index is 0.305. The van der Waals surface area contributed by atoms with Gasteiger partial charge in [-0.25, -0.2) is 9.18 Å². The molecule has 0 saturated carbocycles. The first-order chi connectivity index (χ1) is 13.4. The maximum Gasteiger partial charge on any atom is 0.325 e. The monoisotopic (exact) mass is 383 g/mol. The van der Waals surface area contributed by atoms with E-state index in [9.17, 15) is 18.8 Å². The van der Waals surface area contributed by atoms with Crippen molar-refractivity contribution in [2.24, 2.45) is 0 Å². The summed E-state index contributed by atoms with van der Waals surface area (Å²) in [5, 5.41) is 5.34. The number of nitrogens with zero attached hydrogens (tertiary/aromatic N) is 1. The zero-order valence-corrected chi connectivity index (χ0v) is 15.8. The first-order valence-corrected chi connectivity index (χ1v) is 9.13. The summed E-state index contributed by atoms with van der Waals surface area (Å²) in [6.45, 7) is 3.20. The Kier molecular flexibility index (Phi) is 5.44. The van der Waals surface area contributed by atoms with Crippen molar-refractivity contribution in [3.8, 4) is 0 Å². The van der Waals surface area contributed by atoms with Gasteiger partial charge >= 0.3 is 6.03 Å². The predicted octanol–water partition coefficient (Wildman–Crippen LogP) is 3.32. The van der Waals surface area contributed by atoms with Crippen molar-refractivity contribution in [3.05, 3.63) is 65.5 Å². The van der Waals surface area contributed by atoms with Crippen LogP contribution < -0.4 is 10.6 Å². The fraction of sp³-hybridized carbons (Fsp3) is 0.286. The number of benzene rings is 2. The number of carbonyl (C=O) groups excluding carboxylic acids is 3. The van der Waals surface area contributed by atoms with E-state index in [1.54, 1.807) is 37.3 Å². The second-order valence-corrected chi connectivity index (χ2v) is 6.85. The molecule has 1 fully saturated rings. The third-order valence-electron chi connectivity index (χ3n) is 4.84. The van der Waals surface area contributed by atoms with Gasteiger partial charge in [-0.1, -0.05) is 49.7 Å². The summed E-state index contributed by atoms with van der Waals surface area (Å²) >= 11 is 0. The zero-order chi connectivity index (χ0) is 20.3. The molecule has 4 amide bonds. The van der Waals surface area contributed by atoms with Gasteiger partial charge in [0, 0.05) is 5.69 Å². The minimum Gasteiger partial charge on any atom is -0.324 e. The molecule has 7 heteroatoms. The van der Waals surface area contributed by atoms with Gasteiger partial charge in [0.1, 0.15) is 17.9 Å². The number of anilines is 1. The number of aryl methyl sites for hydroxylation is 1. The lowest BCUT2D eigenvalue weighted by Gasteiger charge is -2.26. The Bertz CT molecular complexity index is 916. The van der Waals surface area contributed by atoms with Crippen LogP contribution in [0.25, 0.3) is 0 Å². The van der Waals surface area contributed by atoms with E-state index in [1.165, 1.54) is 12.1 Å². The number of halogens is 1. The maximum atomic E-state index is 13.4. The Morgan fingerprint density at radius 3 is 2.57 bits per heavy atom. The molecule has 146 valence electrons. The second-order valence-electron chi connectivity index (χ2n) is 6.85. The van der Waals surface area contributed by atoms with E-state index in [2.05, 4.69) is 10.6 Å². The average molecular weight is 383 g/mol. The Hall–Kier alpha value is -3.22. The van der Waals surface area contributed by atoms with Crippen molar-refractivity contribution < 1.29 is 18.8 Å². The van der Waals surface area contributed by atoms with Gasteiger partial charge in [-0.15, -0.1) is 0 Å².